The van der Waals surface area contributed by atoms with E-state index in [1.165, 1.54) is 0 Å². The van der Waals surface area contributed by atoms with Crippen molar-refractivity contribution in [1.82, 2.24) is 5.32 Å². The number of carbonyl (C=O) groups is 1. The van der Waals surface area contributed by atoms with Crippen molar-refractivity contribution in [2.45, 2.75) is 26.3 Å². The highest BCUT2D eigenvalue weighted by Gasteiger charge is 2.27. The minimum absolute atomic E-state index is 0.318. The smallest absolute Gasteiger partial charge is 0.320 e. The standard InChI is InChI=1S/C8H15NO2/c1-5-3-7(8(10)11)9-4-6(5)2/h5-7,9H,3-4H2,1-2H3,(H,10,11)/t5-,6+,7-/m0/s1. The highest BCUT2D eigenvalue weighted by Crippen LogP contribution is 2.20. The SMILES string of the molecule is C[C@@H]1CN[C@H](C(=O)O)C[C@@H]1C. The predicted molar refractivity (Wildman–Crippen MR) is 42.4 cm³/mol. The maximum Gasteiger partial charge on any atom is 0.320 e. The maximum absolute atomic E-state index is 10.5. The van der Waals surface area contributed by atoms with Crippen LogP contribution < -0.4 is 5.32 Å². The summed E-state index contributed by atoms with van der Waals surface area (Å²) >= 11 is 0. The van der Waals surface area contributed by atoms with Gasteiger partial charge in [-0.1, -0.05) is 13.8 Å². The van der Waals surface area contributed by atoms with E-state index in [0.717, 1.165) is 13.0 Å². The van der Waals surface area contributed by atoms with Crippen LogP contribution in [0.2, 0.25) is 0 Å². The molecule has 3 heteroatoms. The van der Waals surface area contributed by atoms with Crippen LogP contribution in [0.4, 0.5) is 0 Å². The van der Waals surface area contributed by atoms with Crippen molar-refractivity contribution in [3.8, 4) is 0 Å². The van der Waals surface area contributed by atoms with Crippen LogP contribution in [0.3, 0.4) is 0 Å². The van der Waals surface area contributed by atoms with Gasteiger partial charge >= 0.3 is 5.97 Å². The molecular formula is C8H15NO2. The van der Waals surface area contributed by atoms with Crippen LogP contribution in [0, 0.1) is 11.8 Å². The molecule has 64 valence electrons. The Labute approximate surface area is 66.8 Å². The second kappa shape index (κ2) is 3.22. The molecule has 0 bridgehead atoms. The van der Waals surface area contributed by atoms with Crippen LogP contribution in [0.25, 0.3) is 0 Å². The predicted octanol–water partition coefficient (Wildman–Crippen LogP) is 0.705. The normalized spacial score (nSPS) is 38.5. The van der Waals surface area contributed by atoms with Gasteiger partial charge in [-0.15, -0.1) is 0 Å². The third-order valence-corrected chi connectivity index (χ3v) is 2.56. The molecule has 0 aromatic carbocycles. The molecule has 0 unspecified atom stereocenters. The molecule has 0 spiro atoms. The topological polar surface area (TPSA) is 49.3 Å². The summed E-state index contributed by atoms with van der Waals surface area (Å²) in [6.07, 6.45) is 0.760. The Morgan fingerprint density at radius 1 is 1.45 bits per heavy atom. The lowest BCUT2D eigenvalue weighted by Crippen LogP contribution is -2.46. The molecular weight excluding hydrogens is 142 g/mol. The summed E-state index contributed by atoms with van der Waals surface area (Å²) in [7, 11) is 0. The summed E-state index contributed by atoms with van der Waals surface area (Å²) in [5.74, 6) is 0.409. The highest BCUT2D eigenvalue weighted by atomic mass is 16.4. The van der Waals surface area contributed by atoms with E-state index in [9.17, 15) is 4.79 Å². The van der Waals surface area contributed by atoms with E-state index in [1.807, 2.05) is 0 Å². The molecule has 1 aliphatic heterocycles. The first-order valence-corrected chi connectivity index (χ1v) is 4.07. The molecule has 1 heterocycles. The van der Waals surface area contributed by atoms with Gasteiger partial charge in [0.2, 0.25) is 0 Å². The minimum Gasteiger partial charge on any atom is -0.480 e. The second-order valence-corrected chi connectivity index (χ2v) is 3.49. The summed E-state index contributed by atoms with van der Waals surface area (Å²) < 4.78 is 0. The van der Waals surface area contributed by atoms with Gasteiger partial charge in [0.1, 0.15) is 6.04 Å². The van der Waals surface area contributed by atoms with E-state index in [2.05, 4.69) is 19.2 Å². The number of piperidine rings is 1. The van der Waals surface area contributed by atoms with E-state index < -0.39 is 5.97 Å². The molecule has 0 aromatic heterocycles. The van der Waals surface area contributed by atoms with E-state index in [0.29, 0.717) is 11.8 Å². The molecule has 3 atom stereocenters. The molecule has 3 nitrogen and oxygen atoms in total. The van der Waals surface area contributed by atoms with Gasteiger partial charge in [-0.2, -0.15) is 0 Å². The Hall–Kier alpha value is -0.570. The Kier molecular flexibility index (Phi) is 2.49. The van der Waals surface area contributed by atoms with Gasteiger partial charge in [-0.25, -0.2) is 0 Å². The molecule has 2 N–H and O–H groups in total. The Balaban J connectivity index is 2.46. The third kappa shape index (κ3) is 1.93. The van der Waals surface area contributed by atoms with Gasteiger partial charge in [0.05, 0.1) is 0 Å². The third-order valence-electron chi connectivity index (χ3n) is 2.56. The second-order valence-electron chi connectivity index (χ2n) is 3.49. The molecule has 1 fully saturated rings. The first-order valence-electron chi connectivity index (χ1n) is 4.07. The Morgan fingerprint density at radius 2 is 2.09 bits per heavy atom. The fourth-order valence-corrected chi connectivity index (χ4v) is 1.40. The van der Waals surface area contributed by atoms with Crippen molar-refractivity contribution < 1.29 is 9.90 Å². The molecule has 0 amide bonds. The fraction of sp³-hybridized carbons (Fsp3) is 0.875. The van der Waals surface area contributed by atoms with Gasteiger partial charge < -0.3 is 10.4 Å². The average Bonchev–Trinajstić information content (AvgIpc) is 1.94. The summed E-state index contributed by atoms with van der Waals surface area (Å²) in [5, 5.41) is 11.7. The lowest BCUT2D eigenvalue weighted by atomic mass is 9.86. The summed E-state index contributed by atoms with van der Waals surface area (Å²) in [4.78, 5) is 10.5. The van der Waals surface area contributed by atoms with Crippen molar-refractivity contribution in [1.29, 1.82) is 0 Å². The van der Waals surface area contributed by atoms with Crippen molar-refractivity contribution in [2.75, 3.05) is 6.54 Å². The molecule has 11 heavy (non-hydrogen) atoms. The van der Waals surface area contributed by atoms with Crippen LogP contribution in [0.5, 0.6) is 0 Å². The number of rotatable bonds is 1. The fourth-order valence-electron chi connectivity index (χ4n) is 1.40. The monoisotopic (exact) mass is 157 g/mol. The number of aliphatic carboxylic acids is 1. The largest absolute Gasteiger partial charge is 0.480 e. The van der Waals surface area contributed by atoms with Gasteiger partial charge in [-0.3, -0.25) is 4.79 Å². The minimum atomic E-state index is -0.719. The van der Waals surface area contributed by atoms with Crippen LogP contribution in [-0.2, 0) is 4.79 Å². The van der Waals surface area contributed by atoms with E-state index >= 15 is 0 Å². The van der Waals surface area contributed by atoms with E-state index in [4.69, 9.17) is 5.11 Å². The summed E-state index contributed by atoms with van der Waals surface area (Å²) in [6, 6.07) is -0.318. The Bertz CT molecular complexity index is 158. The quantitative estimate of drug-likeness (QED) is 0.589. The van der Waals surface area contributed by atoms with Gasteiger partial charge in [0, 0.05) is 0 Å². The zero-order valence-electron chi connectivity index (χ0n) is 7.00. The number of hydrogen-bond acceptors (Lipinski definition) is 2. The highest BCUT2D eigenvalue weighted by molar-refractivity contribution is 5.73. The van der Waals surface area contributed by atoms with Gasteiger partial charge in [0.25, 0.3) is 0 Å². The molecule has 0 aliphatic carbocycles. The van der Waals surface area contributed by atoms with Crippen molar-refractivity contribution >= 4 is 5.97 Å². The zero-order valence-corrected chi connectivity index (χ0v) is 7.00. The Morgan fingerprint density at radius 3 is 2.55 bits per heavy atom. The van der Waals surface area contributed by atoms with Crippen molar-refractivity contribution in [3.05, 3.63) is 0 Å². The summed E-state index contributed by atoms with van der Waals surface area (Å²) in [6.45, 7) is 5.09. The molecule has 0 radical (unpaired) electrons. The lowest BCUT2D eigenvalue weighted by Gasteiger charge is -2.30. The maximum atomic E-state index is 10.5. The van der Waals surface area contributed by atoms with E-state index in [1.54, 1.807) is 0 Å². The molecule has 0 aromatic rings. The van der Waals surface area contributed by atoms with Crippen LogP contribution in [-0.4, -0.2) is 23.7 Å². The van der Waals surface area contributed by atoms with Crippen molar-refractivity contribution in [3.63, 3.8) is 0 Å². The van der Waals surface area contributed by atoms with Gasteiger partial charge in [-0.05, 0) is 24.8 Å². The van der Waals surface area contributed by atoms with E-state index in [-0.39, 0.29) is 6.04 Å². The first-order chi connectivity index (χ1) is 5.11. The molecule has 1 saturated heterocycles. The van der Waals surface area contributed by atoms with Crippen LogP contribution in [0.15, 0.2) is 0 Å². The molecule has 0 saturated carbocycles. The van der Waals surface area contributed by atoms with Crippen molar-refractivity contribution in [2.24, 2.45) is 11.8 Å². The lowest BCUT2D eigenvalue weighted by molar-refractivity contribution is -0.140. The van der Waals surface area contributed by atoms with Crippen LogP contribution in [0.1, 0.15) is 20.3 Å². The van der Waals surface area contributed by atoms with Gasteiger partial charge in [0.15, 0.2) is 0 Å². The molecule has 1 rings (SSSR count). The number of hydrogen-bond donors (Lipinski definition) is 2. The number of nitrogens with one attached hydrogen (secondary N) is 1. The van der Waals surface area contributed by atoms with Crippen LogP contribution >= 0.6 is 0 Å². The number of carboxylic acids is 1. The first kappa shape index (κ1) is 8.53. The summed E-state index contributed by atoms with van der Waals surface area (Å²) in [5.41, 5.74) is 0. The zero-order chi connectivity index (χ0) is 8.43. The molecule has 1 aliphatic rings. The average molecular weight is 157 g/mol. The number of carboxylic acid groups (broad SMARTS) is 1.